The lowest BCUT2D eigenvalue weighted by molar-refractivity contribution is 0.218. The van der Waals surface area contributed by atoms with Crippen LogP contribution >= 0.6 is 15.2 Å². The summed E-state index contributed by atoms with van der Waals surface area (Å²) in [6.07, 6.45) is 0.517. The molecule has 0 atom stereocenters. The van der Waals surface area contributed by atoms with Crippen molar-refractivity contribution in [3.8, 4) is 22.3 Å². The fourth-order valence-corrected chi connectivity index (χ4v) is 7.36. The predicted molar refractivity (Wildman–Crippen MR) is 146 cm³/mol. The molecule has 0 amide bonds. The van der Waals surface area contributed by atoms with Gasteiger partial charge in [-0.3, -0.25) is 9.13 Å². The number of hydrogen-bond donors (Lipinski definition) is 0. The molecule has 8 heteroatoms. The molecule has 0 aliphatic heterocycles. The molecule has 3 aromatic carbocycles. The highest BCUT2D eigenvalue weighted by molar-refractivity contribution is 7.53. The zero-order valence-electron chi connectivity index (χ0n) is 21.5. The third kappa shape index (κ3) is 7.98. The highest BCUT2D eigenvalue weighted by Gasteiger charge is 2.24. The summed E-state index contributed by atoms with van der Waals surface area (Å²) in [7, 11) is -6.24. The van der Waals surface area contributed by atoms with Gasteiger partial charge >= 0.3 is 15.2 Å². The quantitative estimate of drug-likeness (QED) is 0.195. The number of hydrogen-bond acceptors (Lipinski definition) is 6. The first kappa shape index (κ1) is 28.5. The average Bonchev–Trinajstić information content (AvgIpc) is 2.85. The van der Waals surface area contributed by atoms with Crippen molar-refractivity contribution in [3.63, 3.8) is 0 Å². The Balaban J connectivity index is 1.68. The molecule has 0 saturated carbocycles. The maximum Gasteiger partial charge on any atom is 0.335 e. The van der Waals surface area contributed by atoms with E-state index in [0.29, 0.717) is 26.4 Å². The van der Waals surface area contributed by atoms with Gasteiger partial charge in [0.05, 0.1) is 38.8 Å². The topological polar surface area (TPSA) is 71.1 Å². The van der Waals surface area contributed by atoms with Gasteiger partial charge in [-0.05, 0) is 61.1 Å². The Morgan fingerprint density at radius 3 is 0.889 bits per heavy atom. The molecule has 0 aliphatic rings. The second kappa shape index (κ2) is 13.5. The smallest absolute Gasteiger partial charge is 0.309 e. The van der Waals surface area contributed by atoms with Crippen molar-refractivity contribution >= 4 is 15.2 Å². The van der Waals surface area contributed by atoms with Crippen molar-refractivity contribution in [2.45, 2.75) is 40.0 Å². The molecule has 194 valence electrons. The molecule has 0 fully saturated rings. The summed E-state index contributed by atoms with van der Waals surface area (Å²) >= 11 is 0. The van der Waals surface area contributed by atoms with E-state index in [9.17, 15) is 9.13 Å². The minimum absolute atomic E-state index is 0.258. The van der Waals surface area contributed by atoms with Crippen LogP contribution in [0.15, 0.2) is 72.8 Å². The van der Waals surface area contributed by atoms with Gasteiger partial charge < -0.3 is 18.1 Å². The van der Waals surface area contributed by atoms with E-state index in [2.05, 4.69) is 24.3 Å². The Bertz CT molecular complexity index is 1060. The van der Waals surface area contributed by atoms with Crippen LogP contribution in [0.5, 0.6) is 0 Å². The van der Waals surface area contributed by atoms with Gasteiger partial charge in [-0.2, -0.15) is 0 Å². The maximum absolute atomic E-state index is 12.8. The van der Waals surface area contributed by atoms with Crippen LogP contribution in [-0.4, -0.2) is 26.4 Å². The summed E-state index contributed by atoms with van der Waals surface area (Å²) in [5.41, 5.74) is 6.16. The van der Waals surface area contributed by atoms with Crippen LogP contribution in [0.4, 0.5) is 0 Å². The van der Waals surface area contributed by atoms with E-state index in [4.69, 9.17) is 18.1 Å². The SMILES string of the molecule is CCOP(=O)(Cc1ccc(-c2ccc(-c3ccc(CP(=O)(OCC)OCC)cc3)cc2)cc1)OCC. The number of rotatable bonds is 14. The Labute approximate surface area is 215 Å². The summed E-state index contributed by atoms with van der Waals surface area (Å²) in [6, 6.07) is 24.3. The Morgan fingerprint density at radius 1 is 0.444 bits per heavy atom. The molecule has 0 spiro atoms. The van der Waals surface area contributed by atoms with E-state index in [1.165, 1.54) is 0 Å². The molecular weight excluding hydrogens is 494 g/mol. The van der Waals surface area contributed by atoms with E-state index >= 15 is 0 Å². The van der Waals surface area contributed by atoms with Crippen molar-refractivity contribution in [3.05, 3.63) is 83.9 Å². The van der Waals surface area contributed by atoms with Gasteiger partial charge in [0, 0.05) is 0 Å². The molecule has 0 bridgehead atoms. The Morgan fingerprint density at radius 2 is 0.667 bits per heavy atom. The molecule has 0 unspecified atom stereocenters. The second-order valence-corrected chi connectivity index (χ2v) is 12.3. The van der Waals surface area contributed by atoms with Crippen LogP contribution in [-0.2, 0) is 39.5 Å². The second-order valence-electron chi connectivity index (χ2n) is 8.18. The minimum Gasteiger partial charge on any atom is -0.309 e. The van der Waals surface area contributed by atoms with Gasteiger partial charge in [-0.15, -0.1) is 0 Å². The summed E-state index contributed by atoms with van der Waals surface area (Å²) in [6.45, 7) is 8.67. The molecule has 0 saturated heterocycles. The molecule has 0 heterocycles. The predicted octanol–water partition coefficient (Wildman–Crippen LogP) is 8.55. The molecule has 36 heavy (non-hydrogen) atoms. The first-order valence-electron chi connectivity index (χ1n) is 12.4. The highest BCUT2D eigenvalue weighted by atomic mass is 31.2. The van der Waals surface area contributed by atoms with Crippen molar-refractivity contribution in [1.29, 1.82) is 0 Å². The molecule has 3 rings (SSSR count). The normalized spacial score (nSPS) is 12.1. The largest absolute Gasteiger partial charge is 0.335 e. The minimum atomic E-state index is -3.12. The van der Waals surface area contributed by atoms with Crippen LogP contribution in [0.3, 0.4) is 0 Å². The van der Waals surface area contributed by atoms with Crippen LogP contribution in [0.2, 0.25) is 0 Å². The summed E-state index contributed by atoms with van der Waals surface area (Å²) < 4.78 is 47.2. The van der Waals surface area contributed by atoms with Crippen LogP contribution < -0.4 is 0 Å². The molecule has 0 N–H and O–H groups in total. The summed E-state index contributed by atoms with van der Waals surface area (Å²) in [4.78, 5) is 0. The Hall–Kier alpha value is -2.04. The lowest BCUT2D eigenvalue weighted by atomic mass is 9.99. The van der Waals surface area contributed by atoms with Gasteiger partial charge in [-0.25, -0.2) is 0 Å². The zero-order chi connectivity index (χ0) is 26.0. The van der Waals surface area contributed by atoms with Gasteiger partial charge in [-0.1, -0.05) is 72.8 Å². The van der Waals surface area contributed by atoms with E-state index in [-0.39, 0.29) is 12.3 Å². The average molecular weight is 531 g/mol. The molecule has 3 aromatic rings. The monoisotopic (exact) mass is 530 g/mol. The van der Waals surface area contributed by atoms with Crippen LogP contribution in [0, 0.1) is 0 Å². The molecular formula is C28H36O6P2. The van der Waals surface area contributed by atoms with Gasteiger partial charge in [0.1, 0.15) is 0 Å². The first-order valence-corrected chi connectivity index (χ1v) is 15.8. The molecule has 0 aromatic heterocycles. The molecule has 0 radical (unpaired) electrons. The van der Waals surface area contributed by atoms with Crippen molar-refractivity contribution in [2.75, 3.05) is 26.4 Å². The fraction of sp³-hybridized carbons (Fsp3) is 0.357. The van der Waals surface area contributed by atoms with Crippen molar-refractivity contribution < 1.29 is 27.2 Å². The van der Waals surface area contributed by atoms with E-state index in [1.54, 1.807) is 0 Å². The summed E-state index contributed by atoms with van der Waals surface area (Å²) in [5, 5.41) is 0. The summed E-state index contributed by atoms with van der Waals surface area (Å²) in [5.74, 6) is 0. The van der Waals surface area contributed by atoms with Crippen molar-refractivity contribution in [2.24, 2.45) is 0 Å². The van der Waals surface area contributed by atoms with Gasteiger partial charge in [0.15, 0.2) is 0 Å². The third-order valence-electron chi connectivity index (χ3n) is 5.52. The first-order chi connectivity index (χ1) is 17.3. The lowest BCUT2D eigenvalue weighted by Gasteiger charge is -2.17. The maximum atomic E-state index is 12.8. The van der Waals surface area contributed by atoms with Gasteiger partial charge in [0.25, 0.3) is 0 Å². The Kier molecular flexibility index (Phi) is 10.7. The van der Waals surface area contributed by atoms with E-state index < -0.39 is 15.2 Å². The standard InChI is InChI=1S/C28H36O6P2/c1-5-31-35(29,32-6-2)21-23-9-13-25(14-10-23)27-17-19-28(20-18-27)26-15-11-24(12-16-26)22-36(30,33-7-3)34-8-4/h9-20H,5-8,21-22H2,1-4H3. The zero-order valence-corrected chi connectivity index (χ0v) is 23.3. The molecule has 0 aliphatic carbocycles. The highest BCUT2D eigenvalue weighted by Crippen LogP contribution is 2.52. The third-order valence-corrected chi connectivity index (χ3v) is 9.63. The van der Waals surface area contributed by atoms with E-state index in [0.717, 1.165) is 33.4 Å². The lowest BCUT2D eigenvalue weighted by Crippen LogP contribution is -1.99. The van der Waals surface area contributed by atoms with Crippen LogP contribution in [0.25, 0.3) is 22.3 Å². The van der Waals surface area contributed by atoms with Crippen LogP contribution in [0.1, 0.15) is 38.8 Å². The number of benzene rings is 3. The van der Waals surface area contributed by atoms with Gasteiger partial charge in [0.2, 0.25) is 0 Å². The van der Waals surface area contributed by atoms with Crippen molar-refractivity contribution in [1.82, 2.24) is 0 Å². The van der Waals surface area contributed by atoms with E-state index in [1.807, 2.05) is 76.2 Å². The fourth-order valence-electron chi connectivity index (χ4n) is 3.95. The molecule has 6 nitrogen and oxygen atoms in total.